The lowest BCUT2D eigenvalue weighted by Crippen LogP contribution is -2.61. The van der Waals surface area contributed by atoms with Crippen LogP contribution < -0.4 is 26.2 Å². The summed E-state index contributed by atoms with van der Waals surface area (Å²) in [6.45, 7) is 20.9. The van der Waals surface area contributed by atoms with Crippen LogP contribution in [0.1, 0.15) is 79.0 Å². The van der Waals surface area contributed by atoms with Crippen LogP contribution >= 0.6 is 0 Å². The average molecular weight is 639 g/mol. The van der Waals surface area contributed by atoms with Gasteiger partial charge in [-0.15, -0.1) is 0 Å². The van der Waals surface area contributed by atoms with Crippen LogP contribution in [0.2, 0.25) is 0 Å². The van der Waals surface area contributed by atoms with E-state index in [1.165, 1.54) is 78.0 Å². The van der Waals surface area contributed by atoms with Crippen molar-refractivity contribution in [3.05, 3.63) is 138 Å². The van der Waals surface area contributed by atoms with Crippen LogP contribution in [0, 0.1) is 0 Å². The Bertz CT molecular complexity index is 2240. The highest BCUT2D eigenvalue weighted by Crippen LogP contribution is 2.46. The van der Waals surface area contributed by atoms with E-state index in [2.05, 4.69) is 193 Å². The third-order valence-corrected chi connectivity index (χ3v) is 10.7. The van der Waals surface area contributed by atoms with Gasteiger partial charge in [0.15, 0.2) is 0 Å². The SMILES string of the molecule is CC(C)(C)c1ccc(N2c3ccc(C(C)(C)C)cc3B3c4ccc(C(C)(C)C)cc4N(c4cccc5ccccc45)c4cccc2c43)cc1. The Labute approximate surface area is 293 Å². The summed E-state index contributed by atoms with van der Waals surface area (Å²) in [5.41, 5.74) is 15.7. The van der Waals surface area contributed by atoms with Crippen LogP contribution in [-0.2, 0) is 16.2 Å². The van der Waals surface area contributed by atoms with Crippen molar-refractivity contribution < 1.29 is 0 Å². The first-order valence-electron chi connectivity index (χ1n) is 17.8. The minimum Gasteiger partial charge on any atom is -0.311 e. The van der Waals surface area contributed by atoms with Crippen molar-refractivity contribution in [3.63, 3.8) is 0 Å². The Hall–Kier alpha value is -4.76. The first-order chi connectivity index (χ1) is 23.2. The smallest absolute Gasteiger partial charge is 0.252 e. The quantitative estimate of drug-likeness (QED) is 0.174. The van der Waals surface area contributed by atoms with Crippen LogP contribution in [0.15, 0.2) is 121 Å². The zero-order valence-electron chi connectivity index (χ0n) is 30.5. The summed E-state index contributed by atoms with van der Waals surface area (Å²) in [5, 5.41) is 2.51. The van der Waals surface area contributed by atoms with Crippen LogP contribution in [-0.4, -0.2) is 6.71 Å². The lowest BCUT2D eigenvalue weighted by atomic mass is 9.33. The summed E-state index contributed by atoms with van der Waals surface area (Å²) in [6, 6.07) is 46.2. The van der Waals surface area contributed by atoms with Gasteiger partial charge in [-0.1, -0.05) is 141 Å². The molecule has 0 aliphatic carbocycles. The molecular formula is C46H47BN2. The van der Waals surface area contributed by atoms with E-state index in [0.717, 1.165) is 0 Å². The molecule has 6 aromatic carbocycles. The number of nitrogens with zero attached hydrogens (tertiary/aromatic N) is 2. The van der Waals surface area contributed by atoms with Crippen molar-refractivity contribution in [1.82, 2.24) is 0 Å². The second kappa shape index (κ2) is 10.9. The van der Waals surface area contributed by atoms with E-state index in [1.54, 1.807) is 0 Å². The van der Waals surface area contributed by atoms with Gasteiger partial charge in [0, 0.05) is 33.8 Å². The summed E-state index contributed by atoms with van der Waals surface area (Å²) in [5.74, 6) is 0. The number of hydrogen-bond acceptors (Lipinski definition) is 2. The molecule has 0 atom stereocenters. The fraction of sp³-hybridized carbons (Fsp3) is 0.261. The van der Waals surface area contributed by atoms with Gasteiger partial charge in [0.25, 0.3) is 6.71 Å². The highest BCUT2D eigenvalue weighted by Gasteiger charge is 2.44. The molecular weight excluding hydrogens is 591 g/mol. The van der Waals surface area contributed by atoms with Gasteiger partial charge in [-0.25, -0.2) is 0 Å². The summed E-state index contributed by atoms with van der Waals surface area (Å²) in [4.78, 5) is 5.07. The van der Waals surface area contributed by atoms with E-state index in [0.29, 0.717) is 0 Å². The fourth-order valence-electron chi connectivity index (χ4n) is 7.92. The molecule has 0 N–H and O–H groups in total. The molecule has 0 saturated carbocycles. The fourth-order valence-corrected chi connectivity index (χ4v) is 7.92. The molecule has 0 spiro atoms. The minimum atomic E-state index is 0.0154. The molecule has 49 heavy (non-hydrogen) atoms. The van der Waals surface area contributed by atoms with Gasteiger partial charge in [-0.05, 0) is 97.2 Å². The maximum atomic E-state index is 2.56. The maximum Gasteiger partial charge on any atom is 0.252 e. The standard InChI is InChI=1S/C46H47BN2/c1-44(2,3)31-20-24-34(25-21-31)48-39-27-23-32(45(4,5)6)28-37(39)47-36-26-22-33(46(7,8)9)29-42(36)49(41-19-13-18-40(48)43(41)47)38-17-12-15-30-14-10-11-16-35(30)38/h10-29H,1-9H3. The Morgan fingerprint density at radius 3 is 1.65 bits per heavy atom. The van der Waals surface area contributed by atoms with Gasteiger partial charge in [-0.3, -0.25) is 0 Å². The van der Waals surface area contributed by atoms with Gasteiger partial charge in [-0.2, -0.15) is 0 Å². The molecule has 0 fully saturated rings. The molecule has 0 radical (unpaired) electrons. The number of benzene rings is 6. The van der Waals surface area contributed by atoms with Gasteiger partial charge in [0.2, 0.25) is 0 Å². The monoisotopic (exact) mass is 638 g/mol. The predicted molar refractivity (Wildman–Crippen MR) is 214 cm³/mol. The van der Waals surface area contributed by atoms with Crippen molar-refractivity contribution in [1.29, 1.82) is 0 Å². The van der Waals surface area contributed by atoms with Gasteiger partial charge < -0.3 is 9.80 Å². The summed E-state index contributed by atoms with van der Waals surface area (Å²) in [7, 11) is 0. The van der Waals surface area contributed by atoms with Crippen LogP contribution in [0.25, 0.3) is 10.8 Å². The molecule has 0 unspecified atom stereocenters. The predicted octanol–water partition coefficient (Wildman–Crippen LogP) is 10.8. The Morgan fingerprint density at radius 1 is 0.408 bits per heavy atom. The lowest BCUT2D eigenvalue weighted by Gasteiger charge is -2.45. The van der Waals surface area contributed by atoms with Crippen LogP contribution in [0.5, 0.6) is 0 Å². The van der Waals surface area contributed by atoms with Gasteiger partial charge in [0.05, 0.1) is 5.69 Å². The van der Waals surface area contributed by atoms with Crippen molar-refractivity contribution in [3.8, 4) is 0 Å². The second-order valence-electron chi connectivity index (χ2n) is 17.2. The van der Waals surface area contributed by atoms with E-state index in [9.17, 15) is 0 Å². The minimum absolute atomic E-state index is 0.0154. The van der Waals surface area contributed by atoms with Crippen molar-refractivity contribution in [2.75, 3.05) is 9.80 Å². The molecule has 244 valence electrons. The zero-order valence-corrected chi connectivity index (χ0v) is 30.5. The molecule has 2 heterocycles. The largest absolute Gasteiger partial charge is 0.311 e. The summed E-state index contributed by atoms with van der Waals surface area (Å²) >= 11 is 0. The first kappa shape index (κ1) is 31.5. The second-order valence-corrected chi connectivity index (χ2v) is 17.2. The molecule has 2 aliphatic heterocycles. The maximum absolute atomic E-state index is 2.56. The molecule has 0 amide bonds. The van der Waals surface area contributed by atoms with Crippen LogP contribution in [0.4, 0.5) is 34.1 Å². The molecule has 0 saturated heterocycles. The summed E-state index contributed by atoms with van der Waals surface area (Å²) < 4.78 is 0. The Balaban J connectivity index is 1.46. The molecule has 0 bridgehead atoms. The van der Waals surface area contributed by atoms with Crippen LogP contribution in [0.3, 0.4) is 0 Å². The number of fused-ring (bicyclic) bond motifs is 5. The average Bonchev–Trinajstić information content (AvgIpc) is 3.06. The topological polar surface area (TPSA) is 6.48 Å². The molecule has 0 aromatic heterocycles. The molecule has 6 aromatic rings. The van der Waals surface area contributed by atoms with Gasteiger partial charge in [0.1, 0.15) is 0 Å². The zero-order chi connectivity index (χ0) is 34.5. The molecule has 2 nitrogen and oxygen atoms in total. The van der Waals surface area contributed by atoms with E-state index in [1.807, 2.05) is 0 Å². The van der Waals surface area contributed by atoms with Crippen molar-refractivity contribution in [2.45, 2.75) is 78.6 Å². The van der Waals surface area contributed by atoms with E-state index < -0.39 is 0 Å². The van der Waals surface area contributed by atoms with E-state index >= 15 is 0 Å². The van der Waals surface area contributed by atoms with E-state index in [4.69, 9.17) is 0 Å². The third kappa shape index (κ3) is 5.09. The van der Waals surface area contributed by atoms with Gasteiger partial charge >= 0.3 is 0 Å². The normalized spacial score (nSPS) is 14.1. The number of anilines is 6. The Morgan fingerprint density at radius 2 is 0.959 bits per heavy atom. The van der Waals surface area contributed by atoms with Crippen molar-refractivity contribution in [2.24, 2.45) is 0 Å². The molecule has 8 rings (SSSR count). The molecule has 2 aliphatic rings. The first-order valence-corrected chi connectivity index (χ1v) is 17.8. The lowest BCUT2D eigenvalue weighted by molar-refractivity contribution is 0.590. The Kier molecular flexibility index (Phi) is 6.99. The third-order valence-electron chi connectivity index (χ3n) is 10.7. The summed E-state index contributed by atoms with van der Waals surface area (Å²) in [6.07, 6.45) is 0. The van der Waals surface area contributed by atoms with Crippen molar-refractivity contribution >= 4 is 68.0 Å². The number of rotatable bonds is 2. The highest BCUT2D eigenvalue weighted by molar-refractivity contribution is 7.00. The number of hydrogen-bond donors (Lipinski definition) is 0. The molecule has 3 heteroatoms. The van der Waals surface area contributed by atoms with E-state index in [-0.39, 0.29) is 23.0 Å². The highest BCUT2D eigenvalue weighted by atomic mass is 15.2.